The van der Waals surface area contributed by atoms with Crippen LogP contribution in [0.1, 0.15) is 105 Å². The van der Waals surface area contributed by atoms with Crippen molar-refractivity contribution in [2.45, 2.75) is 99.8 Å². The number of benzene rings is 3. The number of hydrogen-bond donors (Lipinski definition) is 1. The number of ketones is 1. The number of aliphatic hydroxyl groups excluding tert-OH is 1. The number of rotatable bonds is 8. The summed E-state index contributed by atoms with van der Waals surface area (Å²) < 4.78 is 6.51. The summed E-state index contributed by atoms with van der Waals surface area (Å²) in [4.78, 5) is 21.9. The fourth-order valence-electron chi connectivity index (χ4n) is 6.85. The van der Waals surface area contributed by atoms with Crippen LogP contribution >= 0.6 is 0 Å². The Balaban J connectivity index is 0.000000269. The Morgan fingerprint density at radius 3 is 2.13 bits per heavy atom. The standard InChI is InChI=1S/C28H25N2O.C13H24O2.Ir/c1-27(2,3)15-16-13-14-18-23-22-17(9-8-12-21(22)31-25(16)23)24-26(28(18,4)5)30-20-11-7-6-10-19(20)29-24;1-5-10(6-2)12(14)9-13(15)11(7-3)8-4;/h6-8,10-14H,15H2,1-5H3;9-11,14H,5-8H2,1-4H3;/q-1;;/b;12-9-;. The third-order valence-corrected chi connectivity index (χ3v) is 9.54. The molecule has 0 aliphatic heterocycles. The molecule has 3 aromatic carbocycles. The first-order valence-corrected chi connectivity index (χ1v) is 17.0. The third kappa shape index (κ3) is 7.10. The van der Waals surface area contributed by atoms with E-state index in [1.165, 1.54) is 22.6 Å². The summed E-state index contributed by atoms with van der Waals surface area (Å²) in [6.45, 7) is 19.4. The summed E-state index contributed by atoms with van der Waals surface area (Å²) >= 11 is 0. The van der Waals surface area contributed by atoms with E-state index in [1.807, 2.05) is 64.1 Å². The molecule has 0 spiro atoms. The maximum Gasteiger partial charge on any atom is 0.162 e. The Hall–Kier alpha value is -3.34. The number of carbonyl (C=O) groups excluding carboxylic acids is 1. The van der Waals surface area contributed by atoms with Gasteiger partial charge in [-0.15, -0.1) is 17.7 Å². The normalized spacial score (nSPS) is 13.9. The second-order valence-electron chi connectivity index (χ2n) is 14.4. The van der Waals surface area contributed by atoms with Gasteiger partial charge in [-0.05, 0) is 66.2 Å². The summed E-state index contributed by atoms with van der Waals surface area (Å²) in [5.74, 6) is 0.547. The minimum atomic E-state index is -0.325. The van der Waals surface area contributed by atoms with Gasteiger partial charge in [0.25, 0.3) is 0 Å². The van der Waals surface area contributed by atoms with Gasteiger partial charge in [0, 0.05) is 54.8 Å². The van der Waals surface area contributed by atoms with Crippen LogP contribution in [-0.2, 0) is 36.7 Å². The molecule has 251 valence electrons. The fourth-order valence-corrected chi connectivity index (χ4v) is 6.85. The van der Waals surface area contributed by atoms with E-state index in [4.69, 9.17) is 14.4 Å². The smallest absolute Gasteiger partial charge is 0.162 e. The van der Waals surface area contributed by atoms with E-state index in [0.717, 1.165) is 76.6 Å². The van der Waals surface area contributed by atoms with E-state index >= 15 is 0 Å². The van der Waals surface area contributed by atoms with Crippen molar-refractivity contribution in [1.29, 1.82) is 0 Å². The number of para-hydroxylation sites is 2. The Morgan fingerprint density at radius 2 is 1.53 bits per heavy atom. The topological polar surface area (TPSA) is 76.2 Å². The largest absolute Gasteiger partial charge is 0.512 e. The minimum absolute atomic E-state index is 0. The Labute approximate surface area is 293 Å². The molecular weight excluding hydrogens is 761 g/mol. The average molecular weight is 810 g/mol. The molecule has 0 saturated heterocycles. The number of carbonyl (C=O) groups is 1. The van der Waals surface area contributed by atoms with Crippen molar-refractivity contribution in [3.8, 4) is 11.3 Å². The van der Waals surface area contributed by atoms with Gasteiger partial charge in [0.05, 0.1) is 22.4 Å². The van der Waals surface area contributed by atoms with E-state index in [1.54, 1.807) is 0 Å². The zero-order valence-corrected chi connectivity index (χ0v) is 31.8. The maximum atomic E-state index is 11.7. The SMILES string of the molecule is CC(C)(C)Cc1ccc2c3c1oc1cc[c-]c(c13)-c1nc3ccccc3nc1C2(C)C.CCC(CC)C(=O)/C=C(\O)C(CC)CC.[Ir]. The predicted molar refractivity (Wildman–Crippen MR) is 190 cm³/mol. The number of allylic oxidation sites excluding steroid dienone is 2. The van der Waals surface area contributed by atoms with Crippen LogP contribution in [0.3, 0.4) is 0 Å². The van der Waals surface area contributed by atoms with Crippen LogP contribution in [0.2, 0.25) is 0 Å². The molecule has 5 aromatic rings. The Bertz CT molecular complexity index is 1920. The molecule has 47 heavy (non-hydrogen) atoms. The summed E-state index contributed by atoms with van der Waals surface area (Å²) in [6, 6.07) is 20.1. The summed E-state index contributed by atoms with van der Waals surface area (Å²) in [7, 11) is 0. The Morgan fingerprint density at radius 1 is 0.915 bits per heavy atom. The van der Waals surface area contributed by atoms with Crippen LogP contribution < -0.4 is 0 Å². The van der Waals surface area contributed by atoms with Gasteiger partial charge in [-0.1, -0.05) is 98.0 Å². The van der Waals surface area contributed by atoms with Crippen molar-refractivity contribution < 1.29 is 34.4 Å². The first kappa shape index (κ1) is 36.5. The molecule has 2 heterocycles. The van der Waals surface area contributed by atoms with E-state index in [9.17, 15) is 9.90 Å². The van der Waals surface area contributed by atoms with Gasteiger partial charge >= 0.3 is 0 Å². The number of aromatic nitrogens is 2. The van der Waals surface area contributed by atoms with E-state index in [2.05, 4.69) is 52.8 Å². The maximum absolute atomic E-state index is 11.7. The molecule has 5 nitrogen and oxygen atoms in total. The van der Waals surface area contributed by atoms with E-state index in [-0.39, 0.29) is 54.3 Å². The number of furan rings is 1. The van der Waals surface area contributed by atoms with Gasteiger partial charge in [-0.3, -0.25) is 14.8 Å². The molecule has 1 radical (unpaired) electrons. The van der Waals surface area contributed by atoms with Crippen LogP contribution in [0.25, 0.3) is 44.2 Å². The first-order valence-electron chi connectivity index (χ1n) is 17.0. The summed E-state index contributed by atoms with van der Waals surface area (Å²) in [6.07, 6.45) is 5.86. The van der Waals surface area contributed by atoms with Crippen molar-refractivity contribution in [2.24, 2.45) is 17.3 Å². The second kappa shape index (κ2) is 14.4. The first-order chi connectivity index (χ1) is 21.8. The van der Waals surface area contributed by atoms with Crippen LogP contribution in [0.15, 0.2) is 64.8 Å². The van der Waals surface area contributed by atoms with Crippen LogP contribution in [-0.4, -0.2) is 20.9 Å². The molecule has 6 rings (SSSR count). The van der Waals surface area contributed by atoms with Crippen molar-refractivity contribution in [2.75, 3.05) is 0 Å². The van der Waals surface area contributed by atoms with Crippen LogP contribution in [0.5, 0.6) is 0 Å². The number of fused-ring (bicyclic) bond motifs is 3. The van der Waals surface area contributed by atoms with Gasteiger partial charge in [-0.2, -0.15) is 0 Å². The molecule has 0 saturated carbocycles. The Kier molecular flexibility index (Phi) is 11.2. The molecule has 0 atom stereocenters. The quantitative estimate of drug-likeness (QED) is 0.0960. The molecule has 6 heteroatoms. The van der Waals surface area contributed by atoms with Crippen molar-refractivity contribution in [3.05, 3.63) is 83.3 Å². The van der Waals surface area contributed by atoms with Gasteiger partial charge in [0.15, 0.2) is 5.78 Å². The predicted octanol–water partition coefficient (Wildman–Crippen LogP) is 11.1. The summed E-state index contributed by atoms with van der Waals surface area (Å²) in [5.41, 5.74) is 8.94. The average Bonchev–Trinajstić information content (AvgIpc) is 3.38. The summed E-state index contributed by atoms with van der Waals surface area (Å²) in [5, 5.41) is 12.1. The molecule has 0 fully saturated rings. The number of nitrogens with zero attached hydrogens (tertiary/aromatic N) is 2. The van der Waals surface area contributed by atoms with Crippen molar-refractivity contribution >= 4 is 38.8 Å². The number of hydrogen-bond acceptors (Lipinski definition) is 5. The molecule has 2 aromatic heterocycles. The minimum Gasteiger partial charge on any atom is -0.512 e. The van der Waals surface area contributed by atoms with E-state index in [0.29, 0.717) is 0 Å². The van der Waals surface area contributed by atoms with Gasteiger partial charge < -0.3 is 9.52 Å². The molecule has 1 aliphatic rings. The molecule has 1 aliphatic carbocycles. The van der Waals surface area contributed by atoms with Crippen molar-refractivity contribution in [1.82, 2.24) is 9.97 Å². The zero-order chi connectivity index (χ0) is 33.4. The van der Waals surface area contributed by atoms with Crippen LogP contribution in [0, 0.1) is 23.3 Å². The van der Waals surface area contributed by atoms with Gasteiger partial charge in [0.2, 0.25) is 0 Å². The fraction of sp³-hybridized carbons (Fsp3) is 0.439. The monoisotopic (exact) mass is 810 g/mol. The zero-order valence-electron chi connectivity index (χ0n) is 29.4. The van der Waals surface area contributed by atoms with E-state index < -0.39 is 0 Å². The molecular formula is C41H49IrN2O3-. The van der Waals surface area contributed by atoms with Gasteiger partial charge in [0.1, 0.15) is 5.58 Å². The molecule has 1 N–H and O–H groups in total. The number of aliphatic hydroxyl groups is 1. The molecule has 0 unspecified atom stereocenters. The second-order valence-corrected chi connectivity index (χ2v) is 14.4. The molecule has 0 bridgehead atoms. The van der Waals surface area contributed by atoms with Gasteiger partial charge in [-0.25, -0.2) is 0 Å². The van der Waals surface area contributed by atoms with Crippen LogP contribution in [0.4, 0.5) is 0 Å². The van der Waals surface area contributed by atoms with Crippen molar-refractivity contribution in [3.63, 3.8) is 0 Å². The molecule has 0 amide bonds. The third-order valence-electron chi connectivity index (χ3n) is 9.54.